The molecule has 0 saturated carbocycles. The van der Waals surface area contributed by atoms with Crippen LogP contribution in [0.15, 0.2) is 24.3 Å². The highest BCUT2D eigenvalue weighted by atomic mass is 16.5. The Labute approximate surface area is 138 Å². The van der Waals surface area contributed by atoms with Crippen molar-refractivity contribution < 1.29 is 9.53 Å². The third kappa shape index (κ3) is 3.02. The van der Waals surface area contributed by atoms with E-state index in [1.54, 1.807) is 0 Å². The Balaban J connectivity index is 1.79. The quantitative estimate of drug-likeness (QED) is 0.898. The van der Waals surface area contributed by atoms with Crippen molar-refractivity contribution in [1.82, 2.24) is 5.32 Å². The van der Waals surface area contributed by atoms with E-state index in [4.69, 9.17) is 10.5 Å². The number of ether oxygens (including phenoxy) is 1. The van der Waals surface area contributed by atoms with E-state index in [0.717, 1.165) is 19.3 Å². The van der Waals surface area contributed by atoms with E-state index in [1.807, 2.05) is 0 Å². The maximum absolute atomic E-state index is 12.9. The standard InChI is InChI=1S/C19H28N2O2/c1-13(2)16-11-17(15-6-4-3-5-14(15)16)21-18(22)19(12-20)7-9-23-10-8-19/h3-6,13,16-17H,7-12,20H2,1-2H3,(H,21,22)/t16-,17-/m0/s1. The molecule has 1 aliphatic heterocycles. The molecule has 3 rings (SSSR count). The van der Waals surface area contributed by atoms with Gasteiger partial charge in [-0.3, -0.25) is 4.79 Å². The molecule has 4 nitrogen and oxygen atoms in total. The number of nitrogens with two attached hydrogens (primary N) is 1. The summed E-state index contributed by atoms with van der Waals surface area (Å²) < 4.78 is 5.42. The molecule has 2 aliphatic rings. The van der Waals surface area contributed by atoms with Gasteiger partial charge in [-0.05, 0) is 42.2 Å². The lowest BCUT2D eigenvalue weighted by Gasteiger charge is -2.35. The first-order chi connectivity index (χ1) is 11.1. The molecule has 3 N–H and O–H groups in total. The summed E-state index contributed by atoms with van der Waals surface area (Å²) in [6.45, 7) is 6.15. The molecule has 0 spiro atoms. The van der Waals surface area contributed by atoms with Crippen LogP contribution in [-0.2, 0) is 9.53 Å². The van der Waals surface area contributed by atoms with Gasteiger partial charge in [-0.15, -0.1) is 0 Å². The molecule has 0 radical (unpaired) electrons. The SMILES string of the molecule is CC(C)[C@@H]1C[C@H](NC(=O)C2(CN)CCOCC2)c2ccccc21. The minimum Gasteiger partial charge on any atom is -0.381 e. The largest absolute Gasteiger partial charge is 0.381 e. The van der Waals surface area contributed by atoms with Gasteiger partial charge in [-0.1, -0.05) is 38.1 Å². The topological polar surface area (TPSA) is 64.4 Å². The molecule has 0 unspecified atom stereocenters. The summed E-state index contributed by atoms with van der Waals surface area (Å²) in [6.07, 6.45) is 2.43. The summed E-state index contributed by atoms with van der Waals surface area (Å²) in [5.74, 6) is 1.19. The Morgan fingerprint density at radius 3 is 2.57 bits per heavy atom. The number of benzene rings is 1. The molecule has 1 aromatic rings. The van der Waals surface area contributed by atoms with Crippen LogP contribution in [0.5, 0.6) is 0 Å². The fourth-order valence-electron chi connectivity index (χ4n) is 4.04. The number of carbonyl (C=O) groups is 1. The number of fused-ring (bicyclic) bond motifs is 1. The second-order valence-corrected chi connectivity index (χ2v) is 7.34. The van der Waals surface area contributed by atoms with Crippen LogP contribution in [-0.4, -0.2) is 25.7 Å². The van der Waals surface area contributed by atoms with E-state index >= 15 is 0 Å². The number of amides is 1. The summed E-state index contributed by atoms with van der Waals surface area (Å²) in [5, 5.41) is 3.31. The fraction of sp³-hybridized carbons (Fsp3) is 0.632. The lowest BCUT2D eigenvalue weighted by molar-refractivity contribution is -0.136. The fourth-order valence-corrected chi connectivity index (χ4v) is 4.04. The molecule has 4 heteroatoms. The first-order valence-corrected chi connectivity index (χ1v) is 8.75. The number of hydrogen-bond acceptors (Lipinski definition) is 3. The van der Waals surface area contributed by atoms with Crippen LogP contribution >= 0.6 is 0 Å². The minimum atomic E-state index is -0.455. The van der Waals surface area contributed by atoms with Crippen molar-refractivity contribution in [2.24, 2.45) is 17.1 Å². The van der Waals surface area contributed by atoms with Crippen molar-refractivity contribution >= 4 is 5.91 Å². The first-order valence-electron chi connectivity index (χ1n) is 8.75. The Bertz CT molecular complexity index is 564. The summed E-state index contributed by atoms with van der Waals surface area (Å²) in [7, 11) is 0. The number of hydrogen-bond donors (Lipinski definition) is 2. The lowest BCUT2D eigenvalue weighted by Crippen LogP contribution is -2.49. The van der Waals surface area contributed by atoms with Gasteiger partial charge in [0.15, 0.2) is 0 Å². The zero-order valence-electron chi connectivity index (χ0n) is 14.2. The predicted octanol–water partition coefficient (Wildman–Crippen LogP) is 2.74. The molecule has 23 heavy (non-hydrogen) atoms. The predicted molar refractivity (Wildman–Crippen MR) is 91.1 cm³/mol. The highest BCUT2D eigenvalue weighted by molar-refractivity contribution is 5.83. The van der Waals surface area contributed by atoms with Gasteiger partial charge in [-0.25, -0.2) is 0 Å². The summed E-state index contributed by atoms with van der Waals surface area (Å²) >= 11 is 0. The Kier molecular flexibility index (Phi) is 4.74. The van der Waals surface area contributed by atoms with Gasteiger partial charge in [0.25, 0.3) is 0 Å². The normalized spacial score (nSPS) is 26.1. The maximum atomic E-state index is 12.9. The molecular formula is C19H28N2O2. The lowest BCUT2D eigenvalue weighted by atomic mass is 9.79. The van der Waals surface area contributed by atoms with Crippen LogP contribution in [0.3, 0.4) is 0 Å². The van der Waals surface area contributed by atoms with Gasteiger partial charge in [0.2, 0.25) is 5.91 Å². The number of carbonyl (C=O) groups excluding carboxylic acids is 1. The van der Waals surface area contributed by atoms with Crippen LogP contribution in [0.2, 0.25) is 0 Å². The minimum absolute atomic E-state index is 0.104. The van der Waals surface area contributed by atoms with Crippen LogP contribution in [0.4, 0.5) is 0 Å². The summed E-state index contributed by atoms with van der Waals surface area (Å²) in [6, 6.07) is 8.63. The van der Waals surface area contributed by atoms with Crippen molar-refractivity contribution in [1.29, 1.82) is 0 Å². The zero-order valence-corrected chi connectivity index (χ0v) is 14.2. The van der Waals surface area contributed by atoms with E-state index in [-0.39, 0.29) is 11.9 Å². The first kappa shape index (κ1) is 16.5. The molecule has 0 aromatic heterocycles. The van der Waals surface area contributed by atoms with Gasteiger partial charge in [0.05, 0.1) is 11.5 Å². The average molecular weight is 316 g/mol. The molecule has 1 aromatic carbocycles. The van der Waals surface area contributed by atoms with Gasteiger partial charge in [0, 0.05) is 19.8 Å². The van der Waals surface area contributed by atoms with E-state index in [9.17, 15) is 4.79 Å². The molecule has 1 amide bonds. The Morgan fingerprint density at radius 2 is 1.96 bits per heavy atom. The second kappa shape index (κ2) is 6.62. The molecule has 2 atom stereocenters. The van der Waals surface area contributed by atoms with Crippen molar-refractivity contribution in [3.05, 3.63) is 35.4 Å². The van der Waals surface area contributed by atoms with Crippen LogP contribution in [0.25, 0.3) is 0 Å². The van der Waals surface area contributed by atoms with E-state index in [2.05, 4.69) is 43.4 Å². The molecule has 0 bridgehead atoms. The third-order valence-electron chi connectivity index (χ3n) is 5.69. The monoisotopic (exact) mass is 316 g/mol. The molecule has 1 saturated heterocycles. The van der Waals surface area contributed by atoms with Crippen LogP contribution in [0.1, 0.15) is 56.2 Å². The zero-order chi connectivity index (χ0) is 16.4. The van der Waals surface area contributed by atoms with Crippen molar-refractivity contribution in [2.45, 2.75) is 45.1 Å². The van der Waals surface area contributed by atoms with Gasteiger partial charge >= 0.3 is 0 Å². The summed E-state index contributed by atoms with van der Waals surface area (Å²) in [4.78, 5) is 12.9. The Hall–Kier alpha value is -1.39. The molecule has 126 valence electrons. The number of nitrogens with one attached hydrogen (secondary N) is 1. The molecule has 1 aliphatic carbocycles. The van der Waals surface area contributed by atoms with Crippen molar-refractivity contribution in [3.63, 3.8) is 0 Å². The number of rotatable bonds is 4. The van der Waals surface area contributed by atoms with Crippen molar-refractivity contribution in [3.8, 4) is 0 Å². The Morgan fingerprint density at radius 1 is 1.30 bits per heavy atom. The molecular weight excluding hydrogens is 288 g/mol. The maximum Gasteiger partial charge on any atom is 0.228 e. The smallest absolute Gasteiger partial charge is 0.228 e. The summed E-state index contributed by atoms with van der Waals surface area (Å²) in [5.41, 5.74) is 8.18. The third-order valence-corrected chi connectivity index (χ3v) is 5.69. The molecule has 1 heterocycles. The van der Waals surface area contributed by atoms with Crippen LogP contribution in [0, 0.1) is 11.3 Å². The van der Waals surface area contributed by atoms with Gasteiger partial charge in [-0.2, -0.15) is 0 Å². The van der Waals surface area contributed by atoms with E-state index in [1.165, 1.54) is 11.1 Å². The van der Waals surface area contributed by atoms with E-state index in [0.29, 0.717) is 31.6 Å². The van der Waals surface area contributed by atoms with E-state index < -0.39 is 5.41 Å². The van der Waals surface area contributed by atoms with Crippen LogP contribution < -0.4 is 11.1 Å². The highest BCUT2D eigenvalue weighted by Gasteiger charge is 2.41. The molecule has 1 fully saturated rings. The van der Waals surface area contributed by atoms with Gasteiger partial charge in [0.1, 0.15) is 0 Å². The second-order valence-electron chi connectivity index (χ2n) is 7.34. The highest BCUT2D eigenvalue weighted by Crippen LogP contribution is 2.44. The van der Waals surface area contributed by atoms with Crippen molar-refractivity contribution in [2.75, 3.05) is 19.8 Å². The van der Waals surface area contributed by atoms with Gasteiger partial charge < -0.3 is 15.8 Å². The average Bonchev–Trinajstić information content (AvgIpc) is 2.94.